The maximum atomic E-state index is 13.4. The molecule has 0 bridgehead atoms. The molecule has 0 aliphatic heterocycles. The topological polar surface area (TPSA) is 120 Å². The highest BCUT2D eigenvalue weighted by Gasteiger charge is 2.30. The maximum absolute atomic E-state index is 13.4. The van der Waals surface area contributed by atoms with Gasteiger partial charge in [0.2, 0.25) is 5.88 Å². The standard InChI is InChI=1S/C23H21Cl2F3N6O4/c1-12-7-14(24)8-15(21(35)31-13(2)10-30-37-3)19(12)32-22(36)17-9-18(38-11-23(26,27)28)33-34(17)20-16(25)5-4-6-29-20/h4-10,13H,11H2,1-3H3,(H,31,35)(H,32,36)/b30-10+. The van der Waals surface area contributed by atoms with E-state index < -0.39 is 36.5 Å². The van der Waals surface area contributed by atoms with Crippen molar-refractivity contribution in [1.82, 2.24) is 20.1 Å². The molecule has 0 radical (unpaired) electrons. The van der Waals surface area contributed by atoms with Gasteiger partial charge in [-0.2, -0.15) is 13.2 Å². The summed E-state index contributed by atoms with van der Waals surface area (Å²) in [5.74, 6) is -1.95. The van der Waals surface area contributed by atoms with Gasteiger partial charge in [-0.3, -0.25) is 9.59 Å². The normalized spacial score (nSPS) is 12.3. The molecule has 2 aromatic heterocycles. The number of amides is 2. The lowest BCUT2D eigenvalue weighted by Crippen LogP contribution is -2.34. The number of halogens is 5. The summed E-state index contributed by atoms with van der Waals surface area (Å²) in [6, 6.07) is 6.32. The molecule has 0 fully saturated rings. The van der Waals surface area contributed by atoms with Crippen LogP contribution in [-0.4, -0.2) is 58.7 Å². The van der Waals surface area contributed by atoms with Crippen LogP contribution in [0.4, 0.5) is 18.9 Å². The van der Waals surface area contributed by atoms with Crippen LogP contribution in [0.25, 0.3) is 5.82 Å². The second-order valence-electron chi connectivity index (χ2n) is 7.79. The van der Waals surface area contributed by atoms with Crippen LogP contribution < -0.4 is 15.4 Å². The van der Waals surface area contributed by atoms with E-state index in [0.29, 0.717) is 5.56 Å². The molecule has 10 nitrogen and oxygen atoms in total. The average molecular weight is 573 g/mol. The number of pyridine rings is 1. The number of rotatable bonds is 9. The lowest BCUT2D eigenvalue weighted by atomic mass is 10.1. The maximum Gasteiger partial charge on any atom is 0.422 e. The number of oxime groups is 1. The highest BCUT2D eigenvalue weighted by molar-refractivity contribution is 6.32. The van der Waals surface area contributed by atoms with Gasteiger partial charge in [-0.05, 0) is 43.7 Å². The van der Waals surface area contributed by atoms with Crippen molar-refractivity contribution >= 4 is 46.9 Å². The Kier molecular flexibility index (Phi) is 9.17. The number of hydrogen-bond donors (Lipinski definition) is 2. The molecule has 2 amide bonds. The van der Waals surface area contributed by atoms with E-state index in [0.717, 1.165) is 10.7 Å². The number of anilines is 1. The number of benzene rings is 1. The third-order valence-electron chi connectivity index (χ3n) is 4.78. The Morgan fingerprint density at radius 2 is 1.97 bits per heavy atom. The van der Waals surface area contributed by atoms with Crippen molar-refractivity contribution in [3.05, 3.63) is 63.4 Å². The molecule has 0 saturated heterocycles. The summed E-state index contributed by atoms with van der Waals surface area (Å²) >= 11 is 12.3. The van der Waals surface area contributed by atoms with Crippen LogP contribution in [0.2, 0.25) is 10.0 Å². The molecule has 202 valence electrons. The van der Waals surface area contributed by atoms with E-state index in [9.17, 15) is 22.8 Å². The van der Waals surface area contributed by atoms with Crippen LogP contribution >= 0.6 is 23.2 Å². The van der Waals surface area contributed by atoms with Crippen molar-refractivity contribution in [2.45, 2.75) is 26.1 Å². The van der Waals surface area contributed by atoms with Gasteiger partial charge in [0.15, 0.2) is 12.4 Å². The summed E-state index contributed by atoms with van der Waals surface area (Å²) in [5, 5.41) is 13.1. The highest BCUT2D eigenvalue weighted by Crippen LogP contribution is 2.28. The smallest absolute Gasteiger partial charge is 0.422 e. The molecule has 0 spiro atoms. The molecular weight excluding hydrogens is 552 g/mol. The fourth-order valence-electron chi connectivity index (χ4n) is 3.18. The number of carbonyl (C=O) groups is 2. The van der Waals surface area contributed by atoms with Gasteiger partial charge in [0.25, 0.3) is 11.8 Å². The molecule has 3 rings (SSSR count). The molecule has 1 atom stereocenters. The second kappa shape index (κ2) is 12.1. The van der Waals surface area contributed by atoms with Gasteiger partial charge in [-0.1, -0.05) is 28.4 Å². The zero-order chi connectivity index (χ0) is 28.0. The first-order valence-electron chi connectivity index (χ1n) is 10.8. The van der Waals surface area contributed by atoms with Crippen molar-refractivity contribution in [3.63, 3.8) is 0 Å². The van der Waals surface area contributed by atoms with E-state index >= 15 is 0 Å². The Balaban J connectivity index is 2.00. The largest absolute Gasteiger partial charge is 0.467 e. The van der Waals surface area contributed by atoms with Crippen LogP contribution in [0.15, 0.2) is 41.7 Å². The number of hydrogen-bond acceptors (Lipinski definition) is 7. The molecule has 1 aromatic carbocycles. The molecule has 0 saturated carbocycles. The first-order chi connectivity index (χ1) is 17.9. The minimum atomic E-state index is -4.64. The Bertz CT molecular complexity index is 1360. The fourth-order valence-corrected chi connectivity index (χ4v) is 3.66. The van der Waals surface area contributed by atoms with E-state index in [1.807, 2.05) is 0 Å². The molecule has 2 N–H and O–H groups in total. The molecule has 0 aliphatic carbocycles. The highest BCUT2D eigenvalue weighted by atomic mass is 35.5. The van der Waals surface area contributed by atoms with Crippen LogP contribution in [0.1, 0.15) is 33.3 Å². The predicted octanol–water partition coefficient (Wildman–Crippen LogP) is 4.83. The third-order valence-corrected chi connectivity index (χ3v) is 5.29. The second-order valence-corrected chi connectivity index (χ2v) is 8.63. The minimum Gasteiger partial charge on any atom is -0.467 e. The predicted molar refractivity (Wildman–Crippen MR) is 134 cm³/mol. The van der Waals surface area contributed by atoms with Gasteiger partial charge < -0.3 is 20.2 Å². The lowest BCUT2D eigenvalue weighted by molar-refractivity contribution is -0.154. The van der Waals surface area contributed by atoms with E-state index in [2.05, 4.69) is 30.7 Å². The molecule has 2 heterocycles. The van der Waals surface area contributed by atoms with E-state index in [1.54, 1.807) is 13.8 Å². The quantitative estimate of drug-likeness (QED) is 0.280. The van der Waals surface area contributed by atoms with Gasteiger partial charge in [0, 0.05) is 17.3 Å². The zero-order valence-corrected chi connectivity index (χ0v) is 21.6. The number of alkyl halides is 3. The van der Waals surface area contributed by atoms with Gasteiger partial charge in [0.05, 0.1) is 28.5 Å². The monoisotopic (exact) mass is 572 g/mol. The number of nitrogens with one attached hydrogen (secondary N) is 2. The van der Waals surface area contributed by atoms with Gasteiger partial charge in [0.1, 0.15) is 12.8 Å². The van der Waals surface area contributed by atoms with E-state index in [1.165, 1.54) is 43.8 Å². The number of carbonyl (C=O) groups excluding carboxylic acids is 2. The number of nitrogens with zero attached hydrogens (tertiary/aromatic N) is 4. The fraction of sp³-hybridized carbons (Fsp3) is 0.261. The summed E-state index contributed by atoms with van der Waals surface area (Å²) in [6.45, 7) is 1.62. The van der Waals surface area contributed by atoms with Gasteiger partial charge >= 0.3 is 6.18 Å². The first-order valence-corrected chi connectivity index (χ1v) is 11.5. The average Bonchev–Trinajstić information content (AvgIpc) is 3.27. The summed E-state index contributed by atoms with van der Waals surface area (Å²) in [5.41, 5.74) is 0.302. The Morgan fingerprint density at radius 3 is 2.63 bits per heavy atom. The zero-order valence-electron chi connectivity index (χ0n) is 20.1. The van der Waals surface area contributed by atoms with Crippen molar-refractivity contribution in [1.29, 1.82) is 0 Å². The SMILES string of the molecule is CO/N=C/C(C)NC(=O)c1cc(Cl)cc(C)c1NC(=O)c1cc(OCC(F)(F)F)nn1-c1ncccc1Cl. The Labute approximate surface area is 224 Å². The number of ether oxygens (including phenoxy) is 1. The molecule has 3 aromatic rings. The molecule has 15 heteroatoms. The van der Waals surface area contributed by atoms with Gasteiger partial charge in [-0.25, -0.2) is 9.67 Å². The Morgan fingerprint density at radius 1 is 1.24 bits per heavy atom. The van der Waals surface area contributed by atoms with E-state index in [-0.39, 0.29) is 32.8 Å². The van der Waals surface area contributed by atoms with E-state index in [4.69, 9.17) is 27.9 Å². The van der Waals surface area contributed by atoms with Crippen molar-refractivity contribution < 1.29 is 32.3 Å². The summed E-state index contributed by atoms with van der Waals surface area (Å²) in [4.78, 5) is 35.0. The third kappa shape index (κ3) is 7.35. The number of aromatic nitrogens is 3. The first kappa shape index (κ1) is 28.7. The number of aryl methyl sites for hydroxylation is 1. The van der Waals surface area contributed by atoms with Crippen molar-refractivity contribution in [2.24, 2.45) is 5.16 Å². The minimum absolute atomic E-state index is 0.0245. The van der Waals surface area contributed by atoms with Crippen molar-refractivity contribution in [3.8, 4) is 11.7 Å². The molecular formula is C23H21Cl2F3N6O4. The Hall–Kier alpha value is -3.84. The van der Waals surface area contributed by atoms with Crippen molar-refractivity contribution in [2.75, 3.05) is 19.0 Å². The van der Waals surface area contributed by atoms with Gasteiger partial charge in [-0.15, -0.1) is 5.10 Å². The summed E-state index contributed by atoms with van der Waals surface area (Å²) in [7, 11) is 1.35. The summed E-state index contributed by atoms with van der Waals surface area (Å²) in [6.07, 6.45) is -1.92. The molecule has 0 aliphatic rings. The van der Waals surface area contributed by atoms with Crippen LogP contribution in [0.5, 0.6) is 5.88 Å². The van der Waals surface area contributed by atoms with Crippen LogP contribution in [-0.2, 0) is 4.84 Å². The van der Waals surface area contributed by atoms with Crippen LogP contribution in [0, 0.1) is 6.92 Å². The summed E-state index contributed by atoms with van der Waals surface area (Å²) < 4.78 is 43.8. The lowest BCUT2D eigenvalue weighted by Gasteiger charge is -2.16. The molecule has 38 heavy (non-hydrogen) atoms. The van der Waals surface area contributed by atoms with Crippen LogP contribution in [0.3, 0.4) is 0 Å². The molecule has 1 unspecified atom stereocenters.